The summed E-state index contributed by atoms with van der Waals surface area (Å²) in [6, 6.07) is -0.203. The molecule has 2 unspecified atom stereocenters. The smallest absolute Gasteiger partial charge is 0.224 e. The summed E-state index contributed by atoms with van der Waals surface area (Å²) in [5.41, 5.74) is 0. The first kappa shape index (κ1) is 16.7. The number of carbonyl (C=O) groups excluding carboxylic acids is 1. The number of rotatable bonds is 4. The molecule has 0 aliphatic carbocycles. The van der Waals surface area contributed by atoms with Crippen molar-refractivity contribution in [3.8, 4) is 0 Å². The first-order valence-corrected chi connectivity index (χ1v) is 10.0. The Morgan fingerprint density at radius 3 is 2.81 bits per heavy atom. The number of sulfone groups is 1. The highest BCUT2D eigenvalue weighted by atomic mass is 32.2. The van der Waals surface area contributed by atoms with Gasteiger partial charge in [0.15, 0.2) is 9.84 Å². The second-order valence-corrected chi connectivity index (χ2v) is 8.66. The van der Waals surface area contributed by atoms with E-state index in [-0.39, 0.29) is 23.5 Å². The molecule has 0 saturated carbocycles. The van der Waals surface area contributed by atoms with Gasteiger partial charge in [-0.15, -0.1) is 0 Å². The summed E-state index contributed by atoms with van der Waals surface area (Å²) in [5.74, 6) is 1.16. The van der Waals surface area contributed by atoms with Crippen molar-refractivity contribution in [3.63, 3.8) is 0 Å². The Labute approximate surface area is 128 Å². The van der Waals surface area contributed by atoms with Gasteiger partial charge in [-0.2, -0.15) is 0 Å². The molecule has 2 saturated heterocycles. The van der Waals surface area contributed by atoms with E-state index in [1.165, 1.54) is 19.3 Å². The van der Waals surface area contributed by atoms with E-state index in [2.05, 4.69) is 12.2 Å². The number of nitrogens with one attached hydrogen (secondary N) is 1. The van der Waals surface area contributed by atoms with Gasteiger partial charge < -0.3 is 10.2 Å². The molecule has 0 aromatic heterocycles. The van der Waals surface area contributed by atoms with Gasteiger partial charge >= 0.3 is 0 Å². The van der Waals surface area contributed by atoms with Crippen molar-refractivity contribution in [3.05, 3.63) is 0 Å². The molecule has 0 radical (unpaired) electrons. The predicted octanol–water partition coefficient (Wildman–Crippen LogP) is 1.19. The van der Waals surface area contributed by atoms with Gasteiger partial charge in [0.25, 0.3) is 0 Å². The minimum absolute atomic E-state index is 0.102. The van der Waals surface area contributed by atoms with Crippen LogP contribution >= 0.6 is 0 Å². The van der Waals surface area contributed by atoms with E-state index in [9.17, 15) is 13.2 Å². The molecule has 0 aromatic carbocycles. The maximum absolute atomic E-state index is 12.4. The van der Waals surface area contributed by atoms with Gasteiger partial charge in [0.2, 0.25) is 5.91 Å². The highest BCUT2D eigenvalue weighted by Gasteiger charge is 2.28. The van der Waals surface area contributed by atoms with Crippen molar-refractivity contribution in [2.75, 3.05) is 31.1 Å². The zero-order valence-electron chi connectivity index (χ0n) is 13.0. The lowest BCUT2D eigenvalue weighted by atomic mass is 9.96. The third kappa shape index (κ3) is 5.25. The van der Waals surface area contributed by atoms with Crippen LogP contribution in [-0.2, 0) is 14.6 Å². The molecule has 5 nitrogen and oxygen atoms in total. The molecule has 6 heteroatoms. The Morgan fingerprint density at radius 2 is 2.10 bits per heavy atom. The lowest BCUT2D eigenvalue weighted by Crippen LogP contribution is -2.48. The highest BCUT2D eigenvalue weighted by Crippen LogP contribution is 2.22. The Morgan fingerprint density at radius 1 is 1.29 bits per heavy atom. The quantitative estimate of drug-likeness (QED) is 0.846. The van der Waals surface area contributed by atoms with Gasteiger partial charge in [-0.25, -0.2) is 8.42 Å². The minimum Gasteiger partial charge on any atom is -0.343 e. The van der Waals surface area contributed by atoms with E-state index in [0.29, 0.717) is 13.0 Å². The van der Waals surface area contributed by atoms with E-state index in [1.807, 2.05) is 4.90 Å². The summed E-state index contributed by atoms with van der Waals surface area (Å²) < 4.78 is 23.2. The molecule has 2 aliphatic heterocycles. The van der Waals surface area contributed by atoms with Gasteiger partial charge in [0.1, 0.15) is 0 Å². The molecule has 21 heavy (non-hydrogen) atoms. The first-order chi connectivity index (χ1) is 10.00. The van der Waals surface area contributed by atoms with Gasteiger partial charge in [0.05, 0.1) is 11.5 Å². The van der Waals surface area contributed by atoms with E-state index in [4.69, 9.17) is 0 Å². The summed E-state index contributed by atoms with van der Waals surface area (Å²) in [6.45, 7) is 4.35. The Hall–Kier alpha value is -0.620. The summed E-state index contributed by atoms with van der Waals surface area (Å²) in [6.07, 6.45) is 6.17. The van der Waals surface area contributed by atoms with Crippen LogP contribution in [0.3, 0.4) is 0 Å². The van der Waals surface area contributed by atoms with Gasteiger partial charge in [-0.05, 0) is 25.2 Å². The van der Waals surface area contributed by atoms with Crippen LogP contribution in [0.15, 0.2) is 0 Å². The van der Waals surface area contributed by atoms with E-state index in [0.717, 1.165) is 31.8 Å². The molecule has 2 rings (SSSR count). The normalized spacial score (nSPS) is 29.9. The summed E-state index contributed by atoms with van der Waals surface area (Å²) in [4.78, 5) is 14.3. The monoisotopic (exact) mass is 316 g/mol. The molecule has 0 aromatic rings. The van der Waals surface area contributed by atoms with Crippen LogP contribution in [0.2, 0.25) is 0 Å². The lowest BCUT2D eigenvalue weighted by Gasteiger charge is -2.27. The van der Waals surface area contributed by atoms with Crippen molar-refractivity contribution in [1.29, 1.82) is 0 Å². The number of hydrogen-bond donors (Lipinski definition) is 1. The second-order valence-electron chi connectivity index (χ2n) is 6.44. The Kier molecular flexibility index (Phi) is 6.05. The molecule has 1 amide bonds. The molecule has 1 N–H and O–H groups in total. The third-order valence-corrected chi connectivity index (χ3v) is 6.36. The summed E-state index contributed by atoms with van der Waals surface area (Å²) >= 11 is 0. The number of amides is 1. The van der Waals surface area contributed by atoms with Crippen molar-refractivity contribution in [2.45, 2.75) is 51.5 Å². The highest BCUT2D eigenvalue weighted by molar-refractivity contribution is 7.91. The molecule has 2 fully saturated rings. The average molecular weight is 316 g/mol. The summed E-state index contributed by atoms with van der Waals surface area (Å²) in [7, 11) is -2.96. The SMILES string of the molecule is CCCC1CCCN(C(=O)CC2CS(=O)(=O)CCN2)CC1. The largest absolute Gasteiger partial charge is 0.343 e. The van der Waals surface area contributed by atoms with Crippen molar-refractivity contribution in [1.82, 2.24) is 10.2 Å². The molecule has 2 aliphatic rings. The van der Waals surface area contributed by atoms with Crippen molar-refractivity contribution >= 4 is 15.7 Å². The zero-order valence-corrected chi connectivity index (χ0v) is 13.8. The van der Waals surface area contributed by atoms with Gasteiger partial charge in [-0.1, -0.05) is 19.8 Å². The summed E-state index contributed by atoms with van der Waals surface area (Å²) in [5, 5.41) is 3.16. The van der Waals surface area contributed by atoms with Crippen LogP contribution in [0.5, 0.6) is 0 Å². The molecular weight excluding hydrogens is 288 g/mol. The number of likely N-dealkylation sites (tertiary alicyclic amines) is 1. The van der Waals surface area contributed by atoms with Crippen LogP contribution < -0.4 is 5.32 Å². The van der Waals surface area contributed by atoms with Crippen molar-refractivity contribution in [2.24, 2.45) is 5.92 Å². The zero-order chi connectivity index (χ0) is 15.3. The van der Waals surface area contributed by atoms with Crippen molar-refractivity contribution < 1.29 is 13.2 Å². The Balaban J connectivity index is 1.83. The first-order valence-electron chi connectivity index (χ1n) is 8.22. The van der Waals surface area contributed by atoms with Crippen LogP contribution in [0.25, 0.3) is 0 Å². The van der Waals surface area contributed by atoms with Gasteiger partial charge in [0, 0.05) is 32.1 Å². The molecule has 0 bridgehead atoms. The minimum atomic E-state index is -2.96. The second kappa shape index (κ2) is 7.58. The van der Waals surface area contributed by atoms with E-state index >= 15 is 0 Å². The standard InChI is InChI=1S/C15H28N2O3S/c1-2-4-13-5-3-8-17(9-6-13)15(18)11-14-12-21(19,20)10-7-16-14/h13-14,16H,2-12H2,1H3. The van der Waals surface area contributed by atoms with E-state index in [1.54, 1.807) is 0 Å². The Bertz CT molecular complexity index is 450. The maximum atomic E-state index is 12.4. The fourth-order valence-electron chi connectivity index (χ4n) is 3.45. The molecular formula is C15H28N2O3S. The van der Waals surface area contributed by atoms with Crippen LogP contribution in [0.4, 0.5) is 0 Å². The van der Waals surface area contributed by atoms with Crippen LogP contribution in [-0.4, -0.2) is 56.4 Å². The molecule has 0 spiro atoms. The lowest BCUT2D eigenvalue weighted by molar-refractivity contribution is -0.131. The van der Waals surface area contributed by atoms with Gasteiger partial charge in [-0.3, -0.25) is 4.79 Å². The number of carbonyl (C=O) groups is 1. The fraction of sp³-hybridized carbons (Fsp3) is 0.933. The maximum Gasteiger partial charge on any atom is 0.224 e. The number of hydrogen-bond acceptors (Lipinski definition) is 4. The number of nitrogens with zero attached hydrogens (tertiary/aromatic N) is 1. The van der Waals surface area contributed by atoms with Crippen LogP contribution in [0.1, 0.15) is 45.4 Å². The predicted molar refractivity (Wildman–Crippen MR) is 83.9 cm³/mol. The third-order valence-electron chi connectivity index (χ3n) is 4.62. The fourth-order valence-corrected chi connectivity index (χ4v) is 4.89. The topological polar surface area (TPSA) is 66.5 Å². The molecule has 122 valence electrons. The van der Waals surface area contributed by atoms with E-state index < -0.39 is 9.84 Å². The molecule has 2 atom stereocenters. The average Bonchev–Trinajstić information content (AvgIpc) is 2.63. The van der Waals surface area contributed by atoms with Crippen LogP contribution in [0, 0.1) is 5.92 Å². The molecule has 2 heterocycles.